The van der Waals surface area contributed by atoms with Crippen LogP contribution in [0, 0.1) is 0 Å². The second kappa shape index (κ2) is 4.57. The van der Waals surface area contributed by atoms with Gasteiger partial charge in [0.1, 0.15) is 12.4 Å². The molecule has 0 aliphatic carbocycles. The Morgan fingerprint density at radius 2 is 2.06 bits per heavy atom. The summed E-state index contributed by atoms with van der Waals surface area (Å²) in [4.78, 5) is 24.4. The quantitative estimate of drug-likeness (QED) is 0.693. The molecule has 1 aromatic carbocycles. The van der Waals surface area contributed by atoms with Crippen molar-refractivity contribution in [3.05, 3.63) is 29.3 Å². The molecule has 2 rings (SSSR count). The molecule has 17 heavy (non-hydrogen) atoms. The van der Waals surface area contributed by atoms with Crippen LogP contribution < -0.4 is 4.74 Å². The van der Waals surface area contributed by atoms with E-state index in [0.29, 0.717) is 25.3 Å². The summed E-state index contributed by atoms with van der Waals surface area (Å²) >= 11 is 0. The Balaban J connectivity index is 2.35. The first kappa shape index (κ1) is 11.6. The minimum absolute atomic E-state index is 0.0198. The molecule has 0 fully saturated rings. The number of nitrogens with zero attached hydrogens (tertiary/aromatic N) is 1. The van der Waals surface area contributed by atoms with Crippen LogP contribution in [0.1, 0.15) is 29.8 Å². The summed E-state index contributed by atoms with van der Waals surface area (Å²) in [6.45, 7) is 4.65. The SMILES string of the molecule is CC(=O)c1ccc2c(c1)CN(C(C)=O)CCO2. The molecule has 4 nitrogen and oxygen atoms in total. The number of amides is 1. The molecule has 1 aromatic rings. The summed E-state index contributed by atoms with van der Waals surface area (Å²) < 4.78 is 5.56. The zero-order valence-corrected chi connectivity index (χ0v) is 10.0. The highest BCUT2D eigenvalue weighted by atomic mass is 16.5. The van der Waals surface area contributed by atoms with Gasteiger partial charge in [-0.05, 0) is 25.1 Å². The van der Waals surface area contributed by atoms with Gasteiger partial charge in [0, 0.05) is 24.6 Å². The standard InChI is InChI=1S/C13H15NO3/c1-9(15)11-3-4-13-12(7-11)8-14(10(2)16)5-6-17-13/h3-4,7H,5-6,8H2,1-2H3. The molecule has 1 heterocycles. The minimum Gasteiger partial charge on any atom is -0.491 e. The van der Waals surface area contributed by atoms with Gasteiger partial charge < -0.3 is 9.64 Å². The van der Waals surface area contributed by atoms with Crippen molar-refractivity contribution in [2.45, 2.75) is 20.4 Å². The molecule has 90 valence electrons. The number of fused-ring (bicyclic) bond motifs is 1. The average Bonchev–Trinajstić information content (AvgIpc) is 2.49. The van der Waals surface area contributed by atoms with Crippen LogP contribution >= 0.6 is 0 Å². The molecular formula is C13H15NO3. The lowest BCUT2D eigenvalue weighted by molar-refractivity contribution is -0.129. The van der Waals surface area contributed by atoms with Crippen molar-refractivity contribution in [1.82, 2.24) is 4.90 Å². The molecule has 0 atom stereocenters. The van der Waals surface area contributed by atoms with Gasteiger partial charge in [0.15, 0.2) is 5.78 Å². The maximum absolute atomic E-state index is 11.4. The lowest BCUT2D eigenvalue weighted by Gasteiger charge is -2.17. The molecule has 0 N–H and O–H groups in total. The average molecular weight is 233 g/mol. The van der Waals surface area contributed by atoms with Crippen molar-refractivity contribution in [3.8, 4) is 5.75 Å². The van der Waals surface area contributed by atoms with Crippen molar-refractivity contribution < 1.29 is 14.3 Å². The molecule has 0 spiro atoms. The Morgan fingerprint density at radius 1 is 1.29 bits per heavy atom. The second-order valence-corrected chi connectivity index (χ2v) is 4.17. The lowest BCUT2D eigenvalue weighted by Crippen LogP contribution is -2.30. The van der Waals surface area contributed by atoms with E-state index in [0.717, 1.165) is 11.3 Å². The third kappa shape index (κ3) is 2.46. The van der Waals surface area contributed by atoms with E-state index in [1.807, 2.05) is 0 Å². The topological polar surface area (TPSA) is 46.6 Å². The lowest BCUT2D eigenvalue weighted by atomic mass is 10.1. The number of hydrogen-bond acceptors (Lipinski definition) is 3. The fraction of sp³-hybridized carbons (Fsp3) is 0.385. The Labute approximate surface area is 100 Å². The molecule has 0 bridgehead atoms. The number of benzene rings is 1. The molecule has 0 aromatic heterocycles. The minimum atomic E-state index is 0.0198. The van der Waals surface area contributed by atoms with Crippen LogP contribution in [0.3, 0.4) is 0 Å². The van der Waals surface area contributed by atoms with E-state index in [1.54, 1.807) is 30.0 Å². The van der Waals surface area contributed by atoms with Gasteiger partial charge in [0.2, 0.25) is 5.91 Å². The van der Waals surface area contributed by atoms with Gasteiger partial charge in [-0.3, -0.25) is 9.59 Å². The number of ketones is 1. The zero-order chi connectivity index (χ0) is 12.4. The Bertz CT molecular complexity index is 468. The van der Waals surface area contributed by atoms with Crippen LogP contribution in [0.5, 0.6) is 5.75 Å². The number of hydrogen-bond donors (Lipinski definition) is 0. The summed E-state index contributed by atoms with van der Waals surface area (Å²) in [7, 11) is 0. The van der Waals surface area contributed by atoms with Crippen molar-refractivity contribution in [1.29, 1.82) is 0 Å². The van der Waals surface area contributed by atoms with E-state index in [-0.39, 0.29) is 11.7 Å². The van der Waals surface area contributed by atoms with Crippen molar-refractivity contribution >= 4 is 11.7 Å². The molecule has 1 aliphatic heterocycles. The van der Waals surface area contributed by atoms with Crippen molar-refractivity contribution in [2.75, 3.05) is 13.2 Å². The number of Topliss-reactive ketones (excluding diaryl/α,β-unsaturated/α-hetero) is 1. The van der Waals surface area contributed by atoms with Crippen LogP contribution in [0.2, 0.25) is 0 Å². The maximum Gasteiger partial charge on any atom is 0.219 e. The van der Waals surface area contributed by atoms with Crippen molar-refractivity contribution in [3.63, 3.8) is 0 Å². The van der Waals surface area contributed by atoms with Crippen LogP contribution in [-0.2, 0) is 11.3 Å². The largest absolute Gasteiger partial charge is 0.491 e. The Kier molecular flexibility index (Phi) is 3.13. The predicted octanol–water partition coefficient (Wildman–Crippen LogP) is 1.63. The predicted molar refractivity (Wildman–Crippen MR) is 63.0 cm³/mol. The van der Waals surface area contributed by atoms with Crippen molar-refractivity contribution in [2.24, 2.45) is 0 Å². The van der Waals surface area contributed by atoms with E-state index < -0.39 is 0 Å². The number of rotatable bonds is 1. The van der Waals surface area contributed by atoms with Gasteiger partial charge in [-0.25, -0.2) is 0 Å². The molecule has 0 radical (unpaired) electrons. The monoisotopic (exact) mass is 233 g/mol. The van der Waals surface area contributed by atoms with Gasteiger partial charge in [-0.2, -0.15) is 0 Å². The van der Waals surface area contributed by atoms with E-state index in [9.17, 15) is 9.59 Å². The first-order chi connectivity index (χ1) is 8.08. The number of carbonyl (C=O) groups excluding carboxylic acids is 2. The van der Waals surface area contributed by atoms with Gasteiger partial charge in [0.25, 0.3) is 0 Å². The molecule has 0 saturated heterocycles. The molecular weight excluding hydrogens is 218 g/mol. The Hall–Kier alpha value is -1.84. The second-order valence-electron chi connectivity index (χ2n) is 4.17. The normalized spacial score (nSPS) is 14.6. The summed E-state index contributed by atoms with van der Waals surface area (Å²) in [5, 5.41) is 0. The van der Waals surface area contributed by atoms with Gasteiger partial charge in [-0.15, -0.1) is 0 Å². The molecule has 4 heteroatoms. The zero-order valence-electron chi connectivity index (χ0n) is 10.0. The number of ether oxygens (including phenoxy) is 1. The highest BCUT2D eigenvalue weighted by molar-refractivity contribution is 5.94. The summed E-state index contributed by atoms with van der Waals surface area (Å²) in [5.41, 5.74) is 1.54. The van der Waals surface area contributed by atoms with E-state index in [1.165, 1.54) is 6.92 Å². The summed E-state index contributed by atoms with van der Waals surface area (Å²) in [5.74, 6) is 0.805. The smallest absolute Gasteiger partial charge is 0.219 e. The summed E-state index contributed by atoms with van der Waals surface area (Å²) in [6, 6.07) is 5.36. The first-order valence-electron chi connectivity index (χ1n) is 5.60. The molecule has 1 amide bonds. The van der Waals surface area contributed by atoms with E-state index >= 15 is 0 Å². The first-order valence-corrected chi connectivity index (χ1v) is 5.60. The van der Waals surface area contributed by atoms with Crippen LogP contribution in [0.15, 0.2) is 18.2 Å². The fourth-order valence-electron chi connectivity index (χ4n) is 1.88. The van der Waals surface area contributed by atoms with Gasteiger partial charge >= 0.3 is 0 Å². The van der Waals surface area contributed by atoms with Crippen LogP contribution in [0.4, 0.5) is 0 Å². The van der Waals surface area contributed by atoms with E-state index in [4.69, 9.17) is 4.74 Å². The molecule has 1 aliphatic rings. The van der Waals surface area contributed by atoms with Gasteiger partial charge in [-0.1, -0.05) is 0 Å². The maximum atomic E-state index is 11.4. The number of carbonyl (C=O) groups is 2. The molecule has 0 unspecified atom stereocenters. The highest BCUT2D eigenvalue weighted by Gasteiger charge is 2.17. The third-order valence-corrected chi connectivity index (χ3v) is 2.89. The van der Waals surface area contributed by atoms with E-state index in [2.05, 4.69) is 0 Å². The third-order valence-electron chi connectivity index (χ3n) is 2.89. The fourth-order valence-corrected chi connectivity index (χ4v) is 1.88. The van der Waals surface area contributed by atoms with Gasteiger partial charge in [0.05, 0.1) is 6.54 Å². The highest BCUT2D eigenvalue weighted by Crippen LogP contribution is 2.24. The molecule has 0 saturated carbocycles. The summed E-state index contributed by atoms with van der Waals surface area (Å²) in [6.07, 6.45) is 0. The van der Waals surface area contributed by atoms with Crippen LogP contribution in [-0.4, -0.2) is 29.7 Å². The van der Waals surface area contributed by atoms with Crippen LogP contribution in [0.25, 0.3) is 0 Å². The Morgan fingerprint density at radius 3 is 2.71 bits per heavy atom.